The zero-order valence-electron chi connectivity index (χ0n) is 18.0. The van der Waals surface area contributed by atoms with Crippen LogP contribution in [0.5, 0.6) is 0 Å². The molecule has 6 heteroatoms. The molecule has 1 N–H and O–H groups in total. The quantitative estimate of drug-likeness (QED) is 0.461. The van der Waals surface area contributed by atoms with Crippen molar-refractivity contribution in [2.75, 3.05) is 0 Å². The van der Waals surface area contributed by atoms with E-state index in [1.165, 1.54) is 17.3 Å². The van der Waals surface area contributed by atoms with E-state index in [0.717, 1.165) is 40.3 Å². The summed E-state index contributed by atoms with van der Waals surface area (Å²) in [7, 11) is 0. The molecule has 0 aliphatic carbocycles. The Labute approximate surface area is 192 Å². The lowest BCUT2D eigenvalue weighted by Gasteiger charge is -2.10. The van der Waals surface area contributed by atoms with Crippen molar-refractivity contribution in [1.29, 1.82) is 0 Å². The summed E-state index contributed by atoms with van der Waals surface area (Å²) in [6.45, 7) is 8.23. The molecule has 3 aromatic rings. The first-order valence-corrected chi connectivity index (χ1v) is 11.4. The number of halogens is 1. The minimum atomic E-state index is -0.138. The van der Waals surface area contributed by atoms with Crippen LogP contribution in [-0.4, -0.2) is 15.6 Å². The highest BCUT2D eigenvalue weighted by Crippen LogP contribution is 2.32. The van der Waals surface area contributed by atoms with Gasteiger partial charge in [-0.3, -0.25) is 4.79 Å². The van der Waals surface area contributed by atoms with Crippen LogP contribution in [0, 0.1) is 20.8 Å². The number of amides is 1. The largest absolute Gasteiger partial charge is 0.318 e. The minimum absolute atomic E-state index is 0.138. The number of aryl methyl sites for hydroxylation is 2. The van der Waals surface area contributed by atoms with Crippen LogP contribution in [0.15, 0.2) is 58.4 Å². The average Bonchev–Trinajstić information content (AvgIpc) is 3.24. The minimum Gasteiger partial charge on any atom is -0.318 e. The van der Waals surface area contributed by atoms with Gasteiger partial charge >= 0.3 is 0 Å². The second-order valence-electron chi connectivity index (χ2n) is 7.55. The number of benzene rings is 2. The Bertz CT molecular complexity index is 1220. The summed E-state index contributed by atoms with van der Waals surface area (Å²) < 4.78 is 2.22. The van der Waals surface area contributed by atoms with Crippen molar-refractivity contribution in [3.63, 3.8) is 0 Å². The van der Waals surface area contributed by atoms with Crippen molar-refractivity contribution >= 4 is 46.2 Å². The molecule has 0 atom stereocenters. The molecule has 0 radical (unpaired) electrons. The lowest BCUT2D eigenvalue weighted by Crippen LogP contribution is -2.19. The molecule has 1 aromatic heterocycles. The molecule has 0 unspecified atom stereocenters. The van der Waals surface area contributed by atoms with Gasteiger partial charge in [0.2, 0.25) is 0 Å². The van der Waals surface area contributed by atoms with Crippen molar-refractivity contribution in [1.82, 2.24) is 9.88 Å². The molecule has 1 saturated heterocycles. The van der Waals surface area contributed by atoms with Crippen molar-refractivity contribution < 1.29 is 4.79 Å². The number of carbonyl (C=O) groups excluding carboxylic acids is 1. The van der Waals surface area contributed by atoms with E-state index in [9.17, 15) is 4.79 Å². The molecule has 1 aliphatic rings. The van der Waals surface area contributed by atoms with Gasteiger partial charge in [-0.05, 0) is 92.1 Å². The van der Waals surface area contributed by atoms with Gasteiger partial charge in [-0.1, -0.05) is 36.7 Å². The summed E-state index contributed by atoms with van der Waals surface area (Å²) in [6, 6.07) is 16.3. The number of hydrogen-bond donors (Lipinski definition) is 1. The Morgan fingerprint density at radius 2 is 1.87 bits per heavy atom. The van der Waals surface area contributed by atoms with Gasteiger partial charge < -0.3 is 9.88 Å². The van der Waals surface area contributed by atoms with Gasteiger partial charge in [0.25, 0.3) is 5.91 Å². The smallest absolute Gasteiger partial charge is 0.264 e. The van der Waals surface area contributed by atoms with Crippen LogP contribution in [0.3, 0.4) is 0 Å². The van der Waals surface area contributed by atoms with E-state index in [1.54, 1.807) is 0 Å². The Balaban J connectivity index is 1.64. The summed E-state index contributed by atoms with van der Waals surface area (Å²) in [5.41, 5.74) is 7.33. The number of amidine groups is 1. The number of aromatic nitrogens is 1. The summed E-state index contributed by atoms with van der Waals surface area (Å²) in [6.07, 6.45) is 2.96. The number of aliphatic imine (C=N–C) groups is 1. The first-order valence-electron chi connectivity index (χ1n) is 10.2. The molecular formula is C25H24ClN3OS. The van der Waals surface area contributed by atoms with Crippen molar-refractivity contribution in [3.05, 3.63) is 86.5 Å². The van der Waals surface area contributed by atoms with E-state index >= 15 is 0 Å². The van der Waals surface area contributed by atoms with E-state index in [-0.39, 0.29) is 5.91 Å². The molecule has 2 aromatic carbocycles. The second-order valence-corrected chi connectivity index (χ2v) is 8.99. The van der Waals surface area contributed by atoms with E-state index in [0.29, 0.717) is 15.1 Å². The van der Waals surface area contributed by atoms with Crippen LogP contribution >= 0.6 is 23.4 Å². The lowest BCUT2D eigenvalue weighted by molar-refractivity contribution is -0.115. The SMILES string of the molecule is CCc1ccc(-n2c(C)cc(/C=C3\SC(=Nc4cccc(Cl)c4C)NC3=O)c2C)cc1. The van der Waals surface area contributed by atoms with Crippen LogP contribution in [0.25, 0.3) is 11.8 Å². The first-order chi connectivity index (χ1) is 14.9. The molecule has 1 fully saturated rings. The van der Waals surface area contributed by atoms with Crippen LogP contribution in [0.2, 0.25) is 5.02 Å². The highest BCUT2D eigenvalue weighted by Gasteiger charge is 2.25. The Morgan fingerprint density at radius 3 is 2.58 bits per heavy atom. The summed E-state index contributed by atoms with van der Waals surface area (Å²) in [5.74, 6) is -0.138. The number of thioether (sulfide) groups is 1. The van der Waals surface area contributed by atoms with Crippen molar-refractivity contribution in [3.8, 4) is 5.69 Å². The maximum atomic E-state index is 12.6. The topological polar surface area (TPSA) is 46.4 Å². The van der Waals surface area contributed by atoms with E-state index in [1.807, 2.05) is 31.2 Å². The third-order valence-electron chi connectivity index (χ3n) is 5.47. The zero-order chi connectivity index (χ0) is 22.1. The molecule has 0 saturated carbocycles. The van der Waals surface area contributed by atoms with Crippen molar-refractivity contribution in [2.45, 2.75) is 34.1 Å². The van der Waals surface area contributed by atoms with Gasteiger partial charge in [0.05, 0.1) is 10.6 Å². The van der Waals surface area contributed by atoms with Crippen LogP contribution in [0.4, 0.5) is 5.69 Å². The fourth-order valence-electron chi connectivity index (χ4n) is 3.66. The molecular weight excluding hydrogens is 426 g/mol. The fourth-order valence-corrected chi connectivity index (χ4v) is 4.66. The zero-order valence-corrected chi connectivity index (χ0v) is 19.6. The highest BCUT2D eigenvalue weighted by atomic mass is 35.5. The Morgan fingerprint density at radius 1 is 1.13 bits per heavy atom. The summed E-state index contributed by atoms with van der Waals surface area (Å²) in [4.78, 5) is 17.8. The number of hydrogen-bond acceptors (Lipinski definition) is 3. The predicted octanol–water partition coefficient (Wildman–Crippen LogP) is 6.51. The Kier molecular flexibility index (Phi) is 6.08. The standard InChI is InChI=1S/C25H24ClN3OS/c1-5-18-9-11-20(12-10-18)29-15(2)13-19(17(29)4)14-23-24(30)28-25(31-23)27-22-8-6-7-21(26)16(22)3/h6-14H,5H2,1-4H3,(H,27,28,30)/b23-14-. The molecule has 1 amide bonds. The maximum Gasteiger partial charge on any atom is 0.264 e. The molecule has 4 rings (SSSR count). The molecule has 158 valence electrons. The second kappa shape index (κ2) is 8.77. The van der Waals surface area contributed by atoms with Gasteiger partial charge in [0, 0.05) is 22.1 Å². The first kappa shape index (κ1) is 21.5. The normalized spacial score (nSPS) is 16.4. The number of carbonyl (C=O) groups is 1. The third kappa shape index (κ3) is 4.34. The molecule has 0 bridgehead atoms. The van der Waals surface area contributed by atoms with Gasteiger partial charge in [0.1, 0.15) is 0 Å². The van der Waals surface area contributed by atoms with Crippen LogP contribution < -0.4 is 5.32 Å². The highest BCUT2D eigenvalue weighted by molar-refractivity contribution is 8.18. The van der Waals surface area contributed by atoms with Crippen LogP contribution in [-0.2, 0) is 11.2 Å². The van der Waals surface area contributed by atoms with Crippen LogP contribution in [0.1, 0.15) is 35.0 Å². The maximum absolute atomic E-state index is 12.6. The number of nitrogens with zero attached hydrogens (tertiary/aromatic N) is 2. The van der Waals surface area contributed by atoms with Gasteiger partial charge in [-0.25, -0.2) is 4.99 Å². The third-order valence-corrected chi connectivity index (χ3v) is 6.79. The average molecular weight is 450 g/mol. The lowest BCUT2D eigenvalue weighted by atomic mass is 10.1. The fraction of sp³-hybridized carbons (Fsp3) is 0.200. The summed E-state index contributed by atoms with van der Waals surface area (Å²) >= 11 is 7.53. The molecule has 1 aliphatic heterocycles. The number of nitrogens with one attached hydrogen (secondary N) is 1. The molecule has 2 heterocycles. The van der Waals surface area contributed by atoms with Crippen molar-refractivity contribution in [2.24, 2.45) is 4.99 Å². The molecule has 4 nitrogen and oxygen atoms in total. The van der Waals surface area contributed by atoms with Gasteiger partial charge in [-0.2, -0.15) is 0 Å². The van der Waals surface area contributed by atoms with Gasteiger partial charge in [-0.15, -0.1) is 0 Å². The predicted molar refractivity (Wildman–Crippen MR) is 132 cm³/mol. The Hall–Kier alpha value is -2.76. The summed E-state index contributed by atoms with van der Waals surface area (Å²) in [5, 5.41) is 4.08. The number of rotatable bonds is 4. The molecule has 0 spiro atoms. The van der Waals surface area contributed by atoms with E-state index < -0.39 is 0 Å². The van der Waals surface area contributed by atoms with Gasteiger partial charge in [0.15, 0.2) is 5.17 Å². The molecule has 31 heavy (non-hydrogen) atoms. The monoisotopic (exact) mass is 449 g/mol. The van der Waals surface area contributed by atoms with E-state index in [4.69, 9.17) is 11.6 Å². The van der Waals surface area contributed by atoms with E-state index in [2.05, 4.69) is 66.0 Å².